The highest BCUT2D eigenvalue weighted by Gasteiger charge is 2.35. The van der Waals surface area contributed by atoms with Gasteiger partial charge in [0.1, 0.15) is 11.9 Å². The van der Waals surface area contributed by atoms with E-state index < -0.39 is 0 Å². The van der Waals surface area contributed by atoms with Gasteiger partial charge in [-0.2, -0.15) is 5.10 Å². The fourth-order valence-electron chi connectivity index (χ4n) is 4.50. The minimum Gasteiger partial charge on any atom is -0.497 e. The number of hydrogen-bond donors (Lipinski definition) is 1. The second kappa shape index (κ2) is 9.70. The number of rotatable bonds is 5. The van der Waals surface area contributed by atoms with E-state index in [1.54, 1.807) is 7.11 Å². The molecular weight excluding hydrogens is 394 g/mol. The van der Waals surface area contributed by atoms with Crippen LogP contribution in [0.3, 0.4) is 0 Å². The maximum absolute atomic E-state index is 6.00. The predicted molar refractivity (Wildman–Crippen MR) is 120 cm³/mol. The predicted octanol–water partition coefficient (Wildman–Crippen LogP) is 2.13. The van der Waals surface area contributed by atoms with Crippen LogP contribution in [0.15, 0.2) is 41.7 Å². The quantitative estimate of drug-likeness (QED) is 0.582. The van der Waals surface area contributed by atoms with Crippen LogP contribution >= 0.6 is 0 Å². The lowest BCUT2D eigenvalue weighted by Gasteiger charge is -2.40. The molecule has 0 aliphatic carbocycles. The Morgan fingerprint density at radius 1 is 1.26 bits per heavy atom. The lowest BCUT2D eigenvalue weighted by Crippen LogP contribution is -2.52. The average molecular weight is 428 g/mol. The standard InChI is InChI=1S/C23H33N5O3/c1-24-22(28-10-13-31-21(16-28)18-14-26-27(2)15-18)25-17-23(8-11-30-12-9-23)19-4-6-20(29-3)7-5-19/h4-7,14-15,21H,8-13,16-17H2,1-3H3,(H,24,25). The monoisotopic (exact) mass is 427 g/mol. The number of guanidine groups is 1. The number of aromatic nitrogens is 2. The molecule has 1 atom stereocenters. The molecule has 0 saturated carbocycles. The maximum Gasteiger partial charge on any atom is 0.193 e. The van der Waals surface area contributed by atoms with Crippen molar-refractivity contribution in [2.24, 2.45) is 12.0 Å². The second-order valence-electron chi connectivity index (χ2n) is 8.27. The summed E-state index contributed by atoms with van der Waals surface area (Å²) in [6.45, 7) is 4.58. The minimum absolute atomic E-state index is 0.000344. The third kappa shape index (κ3) is 4.85. The van der Waals surface area contributed by atoms with E-state index in [-0.39, 0.29) is 11.5 Å². The molecule has 8 nitrogen and oxygen atoms in total. The van der Waals surface area contributed by atoms with Crippen molar-refractivity contribution < 1.29 is 14.2 Å². The fourth-order valence-corrected chi connectivity index (χ4v) is 4.50. The molecule has 2 aliphatic rings. The van der Waals surface area contributed by atoms with Crippen molar-refractivity contribution in [3.05, 3.63) is 47.8 Å². The Morgan fingerprint density at radius 2 is 2.03 bits per heavy atom. The Bertz CT molecular complexity index is 874. The van der Waals surface area contributed by atoms with Gasteiger partial charge in [-0.1, -0.05) is 12.1 Å². The van der Waals surface area contributed by atoms with Crippen LogP contribution in [-0.2, 0) is 21.9 Å². The van der Waals surface area contributed by atoms with E-state index in [4.69, 9.17) is 14.2 Å². The van der Waals surface area contributed by atoms with Gasteiger partial charge >= 0.3 is 0 Å². The summed E-state index contributed by atoms with van der Waals surface area (Å²) in [5.41, 5.74) is 2.42. The van der Waals surface area contributed by atoms with E-state index in [2.05, 4.69) is 32.4 Å². The number of nitrogens with one attached hydrogen (secondary N) is 1. The molecule has 8 heteroatoms. The first-order chi connectivity index (χ1) is 15.1. The lowest BCUT2D eigenvalue weighted by molar-refractivity contribution is -0.00835. The Balaban J connectivity index is 1.46. The smallest absolute Gasteiger partial charge is 0.193 e. The molecule has 31 heavy (non-hydrogen) atoms. The normalized spacial score (nSPS) is 21.7. The van der Waals surface area contributed by atoms with Crippen LogP contribution in [0.4, 0.5) is 0 Å². The van der Waals surface area contributed by atoms with E-state index in [0.717, 1.165) is 63.0 Å². The van der Waals surface area contributed by atoms with Crippen LogP contribution in [-0.4, -0.2) is 74.3 Å². The largest absolute Gasteiger partial charge is 0.497 e. The Hall–Kier alpha value is -2.58. The summed E-state index contributed by atoms with van der Waals surface area (Å²) >= 11 is 0. The van der Waals surface area contributed by atoms with Gasteiger partial charge in [0, 0.05) is 57.6 Å². The summed E-state index contributed by atoms with van der Waals surface area (Å²) in [5.74, 6) is 1.79. The number of ether oxygens (including phenoxy) is 3. The first-order valence-corrected chi connectivity index (χ1v) is 10.9. The van der Waals surface area contributed by atoms with Crippen LogP contribution < -0.4 is 10.1 Å². The highest BCUT2D eigenvalue weighted by molar-refractivity contribution is 5.80. The van der Waals surface area contributed by atoms with Crippen LogP contribution in [0.25, 0.3) is 0 Å². The fraction of sp³-hybridized carbons (Fsp3) is 0.565. The van der Waals surface area contributed by atoms with Gasteiger partial charge in [0.2, 0.25) is 0 Å². The van der Waals surface area contributed by atoms with E-state index in [1.807, 2.05) is 43.3 Å². The molecule has 2 aromatic rings. The number of hydrogen-bond acceptors (Lipinski definition) is 5. The van der Waals surface area contributed by atoms with Crippen molar-refractivity contribution in [3.8, 4) is 5.75 Å². The molecule has 0 spiro atoms. The zero-order chi connectivity index (χ0) is 21.7. The molecule has 1 N–H and O–H groups in total. The third-order valence-electron chi connectivity index (χ3n) is 6.41. The van der Waals surface area contributed by atoms with Crippen LogP contribution in [0.5, 0.6) is 5.75 Å². The molecule has 168 valence electrons. The molecule has 1 aromatic carbocycles. The molecule has 1 unspecified atom stereocenters. The summed E-state index contributed by atoms with van der Waals surface area (Å²) in [6.07, 6.45) is 5.85. The number of aryl methyl sites for hydroxylation is 1. The molecule has 2 aliphatic heterocycles. The lowest BCUT2D eigenvalue weighted by atomic mass is 9.74. The maximum atomic E-state index is 6.00. The van der Waals surface area contributed by atoms with Crippen LogP contribution in [0, 0.1) is 0 Å². The summed E-state index contributed by atoms with van der Waals surface area (Å²) in [6, 6.07) is 8.45. The SMILES string of the molecule is CN=C(NCC1(c2ccc(OC)cc2)CCOCC1)N1CCOC(c2cnn(C)c2)C1. The number of aliphatic imine (C=N–C) groups is 1. The summed E-state index contributed by atoms with van der Waals surface area (Å²) in [5, 5.41) is 7.95. The minimum atomic E-state index is -0.000344. The molecule has 0 amide bonds. The molecule has 4 rings (SSSR count). The van der Waals surface area contributed by atoms with Crippen LogP contribution in [0.1, 0.15) is 30.1 Å². The summed E-state index contributed by atoms with van der Waals surface area (Å²) < 4.78 is 18.9. The molecule has 2 saturated heterocycles. The Kier molecular flexibility index (Phi) is 6.77. The molecule has 3 heterocycles. The zero-order valence-corrected chi connectivity index (χ0v) is 18.7. The van der Waals surface area contributed by atoms with Gasteiger partial charge in [0.25, 0.3) is 0 Å². The van der Waals surface area contributed by atoms with E-state index in [1.165, 1.54) is 5.56 Å². The highest BCUT2D eigenvalue weighted by Crippen LogP contribution is 2.35. The molecule has 0 radical (unpaired) electrons. The summed E-state index contributed by atoms with van der Waals surface area (Å²) in [4.78, 5) is 6.87. The van der Waals surface area contributed by atoms with Crippen molar-refractivity contribution in [2.45, 2.75) is 24.4 Å². The van der Waals surface area contributed by atoms with E-state index in [0.29, 0.717) is 6.61 Å². The average Bonchev–Trinajstić information content (AvgIpc) is 3.27. The van der Waals surface area contributed by atoms with Gasteiger partial charge in [-0.05, 0) is 30.5 Å². The number of benzene rings is 1. The van der Waals surface area contributed by atoms with Crippen molar-refractivity contribution in [3.63, 3.8) is 0 Å². The van der Waals surface area contributed by atoms with Gasteiger partial charge in [0.05, 0.1) is 26.5 Å². The van der Waals surface area contributed by atoms with Crippen LogP contribution in [0.2, 0.25) is 0 Å². The molecule has 1 aromatic heterocycles. The zero-order valence-electron chi connectivity index (χ0n) is 18.7. The number of methoxy groups -OCH3 is 1. The molecular formula is C23H33N5O3. The first-order valence-electron chi connectivity index (χ1n) is 10.9. The highest BCUT2D eigenvalue weighted by atomic mass is 16.5. The van der Waals surface area contributed by atoms with Gasteiger partial charge in [0.15, 0.2) is 5.96 Å². The van der Waals surface area contributed by atoms with Crippen molar-refractivity contribution in [2.75, 3.05) is 53.6 Å². The third-order valence-corrected chi connectivity index (χ3v) is 6.41. The number of nitrogens with zero attached hydrogens (tertiary/aromatic N) is 4. The van der Waals surface area contributed by atoms with Gasteiger partial charge in [-0.3, -0.25) is 9.67 Å². The molecule has 0 bridgehead atoms. The van der Waals surface area contributed by atoms with Gasteiger partial charge in [-0.25, -0.2) is 0 Å². The Labute approximate surface area is 184 Å². The van der Waals surface area contributed by atoms with Gasteiger partial charge < -0.3 is 24.4 Å². The van der Waals surface area contributed by atoms with Crippen molar-refractivity contribution in [1.29, 1.82) is 0 Å². The van der Waals surface area contributed by atoms with Gasteiger partial charge in [-0.15, -0.1) is 0 Å². The van der Waals surface area contributed by atoms with E-state index in [9.17, 15) is 0 Å². The topological polar surface area (TPSA) is 73.1 Å². The Morgan fingerprint density at radius 3 is 2.68 bits per heavy atom. The molecule has 2 fully saturated rings. The first kappa shape index (κ1) is 21.6. The van der Waals surface area contributed by atoms with Crippen molar-refractivity contribution in [1.82, 2.24) is 20.0 Å². The summed E-state index contributed by atoms with van der Waals surface area (Å²) in [7, 11) is 5.48. The number of morpholine rings is 1. The van der Waals surface area contributed by atoms with Crippen molar-refractivity contribution >= 4 is 5.96 Å². The second-order valence-corrected chi connectivity index (χ2v) is 8.27. The van der Waals surface area contributed by atoms with E-state index >= 15 is 0 Å².